The molecule has 13 heteroatoms. The summed E-state index contributed by atoms with van der Waals surface area (Å²) < 4.78 is 68.2. The van der Waals surface area contributed by atoms with Crippen LogP contribution in [0.2, 0.25) is 5.28 Å². The number of aryl methyl sites for hydroxylation is 1. The van der Waals surface area contributed by atoms with Crippen LogP contribution < -0.4 is 4.74 Å². The largest absolute Gasteiger partial charge is 0.471 e. The van der Waals surface area contributed by atoms with Gasteiger partial charge < -0.3 is 14.0 Å². The molecule has 1 fully saturated rings. The van der Waals surface area contributed by atoms with Crippen molar-refractivity contribution in [3.63, 3.8) is 0 Å². The minimum absolute atomic E-state index is 0.0339. The summed E-state index contributed by atoms with van der Waals surface area (Å²) in [6, 6.07) is 4.08. The molecule has 1 aliphatic heterocycles. The molecule has 0 aliphatic carbocycles. The van der Waals surface area contributed by atoms with Crippen LogP contribution in [0.25, 0.3) is 22.4 Å². The highest BCUT2D eigenvalue weighted by molar-refractivity contribution is 6.28. The number of nitrogens with zero attached hydrogens (tertiary/aromatic N) is 6. The molecule has 1 atom stereocenters. The van der Waals surface area contributed by atoms with Crippen molar-refractivity contribution in [2.24, 2.45) is 7.05 Å². The summed E-state index contributed by atoms with van der Waals surface area (Å²) in [5.41, 5.74) is 0.258. The molecule has 0 bridgehead atoms. The smallest absolute Gasteiger partial charge is 0.434 e. The SMILES string of the molecule is Cn1cc(C(F)(F)F)nc1-c1ccc(COc2nc(Cl)nc3cnn(C4CCCCO4)c23)cc1F. The summed E-state index contributed by atoms with van der Waals surface area (Å²) in [6.07, 6.45) is 0.180. The van der Waals surface area contributed by atoms with Crippen molar-refractivity contribution in [1.82, 2.24) is 29.3 Å². The van der Waals surface area contributed by atoms with Crippen molar-refractivity contribution >= 4 is 22.6 Å². The number of alkyl halides is 3. The minimum atomic E-state index is -4.63. The topological polar surface area (TPSA) is 79.9 Å². The minimum Gasteiger partial charge on any atom is -0.471 e. The predicted molar refractivity (Wildman–Crippen MR) is 117 cm³/mol. The van der Waals surface area contributed by atoms with Crippen molar-refractivity contribution in [2.45, 2.75) is 38.3 Å². The molecule has 0 radical (unpaired) electrons. The molecule has 1 unspecified atom stereocenters. The highest BCUT2D eigenvalue weighted by Gasteiger charge is 2.35. The van der Waals surface area contributed by atoms with E-state index in [0.29, 0.717) is 23.2 Å². The van der Waals surface area contributed by atoms with Crippen molar-refractivity contribution < 1.29 is 27.0 Å². The molecular formula is C22H19ClF4N6O2. The molecule has 3 aromatic heterocycles. The Morgan fingerprint density at radius 1 is 1.20 bits per heavy atom. The number of hydrogen-bond donors (Lipinski definition) is 0. The van der Waals surface area contributed by atoms with Gasteiger partial charge in [0.2, 0.25) is 11.2 Å². The first kappa shape index (κ1) is 23.5. The maximum Gasteiger partial charge on any atom is 0.434 e. The fourth-order valence-corrected chi connectivity index (χ4v) is 4.14. The first-order valence-corrected chi connectivity index (χ1v) is 11.1. The molecule has 0 amide bonds. The highest BCUT2D eigenvalue weighted by Crippen LogP contribution is 2.33. The van der Waals surface area contributed by atoms with E-state index < -0.39 is 17.7 Å². The van der Waals surface area contributed by atoms with Gasteiger partial charge >= 0.3 is 6.18 Å². The number of ether oxygens (including phenoxy) is 2. The second-order valence-corrected chi connectivity index (χ2v) is 8.44. The second kappa shape index (κ2) is 9.08. The zero-order chi connectivity index (χ0) is 24.7. The van der Waals surface area contributed by atoms with Gasteiger partial charge in [0, 0.05) is 19.9 Å². The third-order valence-corrected chi connectivity index (χ3v) is 5.80. The summed E-state index contributed by atoms with van der Waals surface area (Å²) in [4.78, 5) is 11.9. The molecule has 8 nitrogen and oxygen atoms in total. The Bertz CT molecular complexity index is 1380. The average Bonchev–Trinajstić information content (AvgIpc) is 3.42. The molecule has 184 valence electrons. The number of halogens is 5. The Kier molecular flexibility index (Phi) is 6.09. The number of imidazole rings is 1. The van der Waals surface area contributed by atoms with Gasteiger partial charge in [-0.15, -0.1) is 0 Å². The van der Waals surface area contributed by atoms with E-state index in [1.54, 1.807) is 16.9 Å². The van der Waals surface area contributed by atoms with E-state index in [-0.39, 0.29) is 35.4 Å². The normalized spacial score (nSPS) is 16.7. The Morgan fingerprint density at radius 2 is 2.03 bits per heavy atom. The fourth-order valence-electron chi connectivity index (χ4n) is 3.97. The predicted octanol–water partition coefficient (Wildman–Crippen LogP) is 5.32. The van der Waals surface area contributed by atoms with Crippen LogP contribution in [0, 0.1) is 5.82 Å². The van der Waals surface area contributed by atoms with E-state index in [1.807, 2.05) is 0 Å². The van der Waals surface area contributed by atoms with Gasteiger partial charge in [-0.2, -0.15) is 23.3 Å². The molecule has 0 N–H and O–H groups in total. The van der Waals surface area contributed by atoms with Gasteiger partial charge in [-0.05, 0) is 48.6 Å². The lowest BCUT2D eigenvalue weighted by Gasteiger charge is -2.23. The maximum absolute atomic E-state index is 14.9. The summed E-state index contributed by atoms with van der Waals surface area (Å²) >= 11 is 6.04. The third-order valence-electron chi connectivity index (χ3n) is 5.63. The number of fused-ring (bicyclic) bond motifs is 1. The number of rotatable bonds is 5. The van der Waals surface area contributed by atoms with Crippen molar-refractivity contribution in [3.05, 3.63) is 53.0 Å². The van der Waals surface area contributed by atoms with Gasteiger partial charge in [-0.1, -0.05) is 6.07 Å². The lowest BCUT2D eigenvalue weighted by Crippen LogP contribution is -2.19. The van der Waals surface area contributed by atoms with Crippen LogP contribution in [0.5, 0.6) is 5.88 Å². The summed E-state index contributed by atoms with van der Waals surface area (Å²) in [5.74, 6) is -0.710. The van der Waals surface area contributed by atoms with Gasteiger partial charge in [0.1, 0.15) is 23.8 Å². The Morgan fingerprint density at radius 3 is 2.71 bits per heavy atom. The maximum atomic E-state index is 14.9. The van der Waals surface area contributed by atoms with Gasteiger partial charge in [-0.3, -0.25) is 0 Å². The van der Waals surface area contributed by atoms with E-state index in [1.165, 1.54) is 19.2 Å². The summed E-state index contributed by atoms with van der Waals surface area (Å²) in [7, 11) is 1.37. The van der Waals surface area contributed by atoms with Crippen LogP contribution in [-0.2, 0) is 24.6 Å². The zero-order valence-corrected chi connectivity index (χ0v) is 19.1. The van der Waals surface area contributed by atoms with Crippen molar-refractivity contribution in [2.75, 3.05) is 6.61 Å². The van der Waals surface area contributed by atoms with Gasteiger partial charge in [-0.25, -0.2) is 19.0 Å². The molecule has 0 saturated carbocycles. The molecule has 1 saturated heterocycles. The molecule has 35 heavy (non-hydrogen) atoms. The van der Waals surface area contributed by atoms with Gasteiger partial charge in [0.25, 0.3) is 0 Å². The highest BCUT2D eigenvalue weighted by atomic mass is 35.5. The van der Waals surface area contributed by atoms with E-state index in [0.717, 1.165) is 30.0 Å². The third kappa shape index (κ3) is 4.67. The Hall–Kier alpha value is -3.25. The van der Waals surface area contributed by atoms with E-state index in [2.05, 4.69) is 20.1 Å². The van der Waals surface area contributed by atoms with Crippen LogP contribution in [0.4, 0.5) is 17.6 Å². The second-order valence-electron chi connectivity index (χ2n) is 8.10. The monoisotopic (exact) mass is 510 g/mol. The van der Waals surface area contributed by atoms with Crippen LogP contribution in [-0.4, -0.2) is 35.9 Å². The molecule has 1 aromatic carbocycles. The van der Waals surface area contributed by atoms with Crippen LogP contribution in [0.15, 0.2) is 30.6 Å². The lowest BCUT2D eigenvalue weighted by atomic mass is 10.1. The fraction of sp³-hybridized carbons (Fsp3) is 0.364. The van der Waals surface area contributed by atoms with Gasteiger partial charge in [0.15, 0.2) is 17.4 Å². The molecule has 4 aromatic rings. The van der Waals surface area contributed by atoms with E-state index >= 15 is 0 Å². The quantitative estimate of drug-likeness (QED) is 0.267. The molecule has 5 rings (SSSR count). The zero-order valence-electron chi connectivity index (χ0n) is 18.4. The Balaban J connectivity index is 1.40. The molecule has 1 aliphatic rings. The number of aromatic nitrogens is 6. The van der Waals surface area contributed by atoms with E-state index in [9.17, 15) is 17.6 Å². The van der Waals surface area contributed by atoms with Crippen molar-refractivity contribution in [1.29, 1.82) is 0 Å². The van der Waals surface area contributed by atoms with E-state index in [4.69, 9.17) is 21.1 Å². The van der Waals surface area contributed by atoms with Crippen LogP contribution in [0.1, 0.15) is 36.7 Å². The van der Waals surface area contributed by atoms with Crippen molar-refractivity contribution in [3.8, 4) is 17.3 Å². The standard InChI is InChI=1S/C22H19ClF4N6O2/c1-32-10-16(22(25,26)27)30-19(32)13-6-5-12(8-14(13)24)11-35-20-18-15(29-21(23)31-20)9-28-33(18)17-4-2-3-7-34-17/h5-6,8-10,17H,2-4,7,11H2,1H3. The summed E-state index contributed by atoms with van der Waals surface area (Å²) in [5, 5.41) is 4.33. The first-order valence-electron chi connectivity index (χ1n) is 10.7. The Labute approximate surface area is 201 Å². The summed E-state index contributed by atoms with van der Waals surface area (Å²) in [6.45, 7) is 0.535. The molecule has 4 heterocycles. The molecule has 0 spiro atoms. The number of hydrogen-bond acceptors (Lipinski definition) is 6. The molecular weight excluding hydrogens is 492 g/mol. The van der Waals surface area contributed by atoms with Crippen LogP contribution in [0.3, 0.4) is 0 Å². The first-order chi connectivity index (χ1) is 16.7. The average molecular weight is 511 g/mol. The van der Waals surface area contributed by atoms with Gasteiger partial charge in [0.05, 0.1) is 11.8 Å². The van der Waals surface area contributed by atoms with Crippen LogP contribution >= 0.6 is 11.6 Å². The number of benzene rings is 1. The lowest BCUT2D eigenvalue weighted by molar-refractivity contribution is -0.140.